The van der Waals surface area contributed by atoms with Crippen LogP contribution in [0.5, 0.6) is 0 Å². The second-order valence-electron chi connectivity index (χ2n) is 5.35. The molecule has 5 nitrogen and oxygen atoms in total. The molecule has 0 aliphatic carbocycles. The number of aliphatic hydroxyl groups excluding tert-OH is 1. The van der Waals surface area contributed by atoms with Gasteiger partial charge in [0.2, 0.25) is 5.91 Å². The fraction of sp³-hybridized carbons (Fsp3) is 0.533. The smallest absolute Gasteiger partial charge is 0.219 e. The molecule has 2 N–H and O–H groups in total. The molecule has 0 bridgehead atoms. The van der Waals surface area contributed by atoms with E-state index in [1.165, 1.54) is 0 Å². The number of hydrogen-bond donors (Lipinski definition) is 2. The third-order valence-corrected chi connectivity index (χ3v) is 4.39. The SMILES string of the molecule is CC(=O)N1CCN(c2ccc(NCC(O)CCl)cc2Cl)CC1. The predicted molar refractivity (Wildman–Crippen MR) is 91.1 cm³/mol. The summed E-state index contributed by atoms with van der Waals surface area (Å²) < 4.78 is 0. The fourth-order valence-electron chi connectivity index (χ4n) is 2.43. The number of piperazine rings is 1. The van der Waals surface area contributed by atoms with E-state index in [2.05, 4.69) is 10.2 Å². The Kier molecular flexibility index (Phi) is 6.17. The molecule has 1 aromatic carbocycles. The summed E-state index contributed by atoms with van der Waals surface area (Å²) in [6, 6.07) is 5.73. The molecule has 1 amide bonds. The van der Waals surface area contributed by atoms with Gasteiger partial charge in [-0.25, -0.2) is 0 Å². The molecule has 0 aromatic heterocycles. The maximum absolute atomic E-state index is 11.3. The number of aliphatic hydroxyl groups is 1. The number of hydrogen-bond acceptors (Lipinski definition) is 4. The van der Waals surface area contributed by atoms with Crippen molar-refractivity contribution in [3.63, 3.8) is 0 Å². The van der Waals surface area contributed by atoms with Crippen LogP contribution in [0.3, 0.4) is 0 Å². The zero-order valence-corrected chi connectivity index (χ0v) is 14.1. The van der Waals surface area contributed by atoms with Crippen LogP contribution >= 0.6 is 23.2 Å². The molecular formula is C15H21Cl2N3O2. The van der Waals surface area contributed by atoms with E-state index in [0.29, 0.717) is 24.7 Å². The highest BCUT2D eigenvalue weighted by Crippen LogP contribution is 2.29. The Bertz CT molecular complexity index is 520. The standard InChI is InChI=1S/C15H21Cl2N3O2/c1-11(21)19-4-6-20(7-5-19)15-3-2-12(8-14(15)17)18-10-13(22)9-16/h2-3,8,13,18,22H,4-7,9-10H2,1H3. The van der Waals surface area contributed by atoms with Crippen molar-refractivity contribution in [2.75, 3.05) is 48.8 Å². The Morgan fingerprint density at radius 2 is 2.05 bits per heavy atom. The van der Waals surface area contributed by atoms with Crippen LogP contribution in [0, 0.1) is 0 Å². The van der Waals surface area contributed by atoms with Gasteiger partial charge in [0.1, 0.15) is 0 Å². The molecule has 1 unspecified atom stereocenters. The fourth-order valence-corrected chi connectivity index (χ4v) is 2.83. The van der Waals surface area contributed by atoms with Crippen molar-refractivity contribution in [1.82, 2.24) is 4.90 Å². The first-order valence-electron chi connectivity index (χ1n) is 7.29. The van der Waals surface area contributed by atoms with Gasteiger partial charge >= 0.3 is 0 Å². The van der Waals surface area contributed by atoms with Gasteiger partial charge in [-0.3, -0.25) is 4.79 Å². The summed E-state index contributed by atoms with van der Waals surface area (Å²) >= 11 is 11.9. The Morgan fingerprint density at radius 3 is 2.59 bits per heavy atom. The van der Waals surface area contributed by atoms with Gasteiger partial charge in [-0.05, 0) is 18.2 Å². The van der Waals surface area contributed by atoms with Gasteiger partial charge in [0.25, 0.3) is 0 Å². The van der Waals surface area contributed by atoms with Crippen molar-refractivity contribution in [2.24, 2.45) is 0 Å². The van der Waals surface area contributed by atoms with E-state index < -0.39 is 6.10 Å². The molecule has 1 aliphatic rings. The van der Waals surface area contributed by atoms with E-state index in [-0.39, 0.29) is 11.8 Å². The summed E-state index contributed by atoms with van der Waals surface area (Å²) in [4.78, 5) is 15.4. The van der Waals surface area contributed by atoms with Crippen molar-refractivity contribution < 1.29 is 9.90 Å². The number of nitrogens with one attached hydrogen (secondary N) is 1. The van der Waals surface area contributed by atoms with Gasteiger partial charge in [-0.2, -0.15) is 0 Å². The average molecular weight is 346 g/mol. The Morgan fingerprint density at radius 1 is 1.36 bits per heavy atom. The minimum absolute atomic E-state index is 0.114. The zero-order chi connectivity index (χ0) is 16.1. The molecule has 22 heavy (non-hydrogen) atoms. The predicted octanol–water partition coefficient (Wildman–Crippen LogP) is 2.02. The second-order valence-corrected chi connectivity index (χ2v) is 6.06. The molecule has 0 saturated carbocycles. The monoisotopic (exact) mass is 345 g/mol. The molecule has 2 rings (SSSR count). The highest BCUT2D eigenvalue weighted by Gasteiger charge is 2.20. The summed E-state index contributed by atoms with van der Waals surface area (Å²) in [5, 5.41) is 13.2. The second kappa shape index (κ2) is 7.90. The van der Waals surface area contributed by atoms with Crippen LogP contribution in [0.25, 0.3) is 0 Å². The number of carbonyl (C=O) groups is 1. The number of alkyl halides is 1. The summed E-state index contributed by atoms with van der Waals surface area (Å²) in [6.45, 7) is 4.96. The zero-order valence-electron chi connectivity index (χ0n) is 12.6. The maximum atomic E-state index is 11.3. The topological polar surface area (TPSA) is 55.8 Å². The van der Waals surface area contributed by atoms with Gasteiger partial charge in [0.15, 0.2) is 0 Å². The van der Waals surface area contributed by atoms with E-state index >= 15 is 0 Å². The quantitative estimate of drug-likeness (QED) is 0.801. The molecule has 1 aliphatic heterocycles. The number of amides is 1. The summed E-state index contributed by atoms with van der Waals surface area (Å²) in [5.41, 5.74) is 1.81. The van der Waals surface area contributed by atoms with Gasteiger partial charge in [-0.1, -0.05) is 11.6 Å². The first-order valence-corrected chi connectivity index (χ1v) is 8.20. The highest BCUT2D eigenvalue weighted by atomic mass is 35.5. The van der Waals surface area contributed by atoms with Crippen LogP contribution < -0.4 is 10.2 Å². The van der Waals surface area contributed by atoms with Gasteiger partial charge in [0.05, 0.1) is 22.7 Å². The molecule has 122 valence electrons. The van der Waals surface area contributed by atoms with Crippen LogP contribution in [-0.4, -0.2) is 60.6 Å². The summed E-state index contributed by atoms with van der Waals surface area (Å²) in [6.07, 6.45) is -0.584. The molecule has 0 spiro atoms. The number of halogens is 2. The van der Waals surface area contributed by atoms with Crippen molar-refractivity contribution in [2.45, 2.75) is 13.0 Å². The number of rotatable bonds is 5. The lowest BCUT2D eigenvalue weighted by Gasteiger charge is -2.36. The Balaban J connectivity index is 1.97. The van der Waals surface area contributed by atoms with Crippen molar-refractivity contribution in [1.29, 1.82) is 0 Å². The minimum Gasteiger partial charge on any atom is -0.390 e. The summed E-state index contributed by atoms with van der Waals surface area (Å²) in [7, 11) is 0. The number of benzene rings is 1. The number of carbonyl (C=O) groups excluding carboxylic acids is 1. The van der Waals surface area contributed by atoms with Crippen LogP contribution in [0.4, 0.5) is 11.4 Å². The number of anilines is 2. The lowest BCUT2D eigenvalue weighted by Crippen LogP contribution is -2.48. The van der Waals surface area contributed by atoms with E-state index in [1.807, 2.05) is 23.1 Å². The van der Waals surface area contributed by atoms with Gasteiger partial charge < -0.3 is 20.2 Å². The molecular weight excluding hydrogens is 325 g/mol. The minimum atomic E-state index is -0.584. The third-order valence-electron chi connectivity index (χ3n) is 3.73. The Labute approximate surface area is 140 Å². The van der Waals surface area contributed by atoms with Crippen LogP contribution in [0.15, 0.2) is 18.2 Å². The molecule has 1 heterocycles. The molecule has 0 radical (unpaired) electrons. The van der Waals surface area contributed by atoms with Crippen molar-refractivity contribution in [3.8, 4) is 0 Å². The van der Waals surface area contributed by atoms with E-state index in [4.69, 9.17) is 23.2 Å². The lowest BCUT2D eigenvalue weighted by molar-refractivity contribution is -0.129. The van der Waals surface area contributed by atoms with Gasteiger partial charge in [0, 0.05) is 45.3 Å². The van der Waals surface area contributed by atoms with Crippen LogP contribution in [-0.2, 0) is 4.79 Å². The molecule has 1 fully saturated rings. The molecule has 1 saturated heterocycles. The molecule has 7 heteroatoms. The van der Waals surface area contributed by atoms with E-state index in [1.54, 1.807) is 6.92 Å². The number of nitrogens with zero attached hydrogens (tertiary/aromatic N) is 2. The summed E-state index contributed by atoms with van der Waals surface area (Å²) in [5.74, 6) is 0.308. The normalized spacial score (nSPS) is 16.5. The van der Waals surface area contributed by atoms with Gasteiger partial charge in [-0.15, -0.1) is 11.6 Å². The van der Waals surface area contributed by atoms with Crippen molar-refractivity contribution in [3.05, 3.63) is 23.2 Å². The van der Waals surface area contributed by atoms with E-state index in [9.17, 15) is 9.90 Å². The highest BCUT2D eigenvalue weighted by molar-refractivity contribution is 6.33. The first kappa shape index (κ1) is 17.2. The first-order chi connectivity index (χ1) is 10.5. The maximum Gasteiger partial charge on any atom is 0.219 e. The van der Waals surface area contributed by atoms with E-state index in [0.717, 1.165) is 24.5 Å². The lowest BCUT2D eigenvalue weighted by atomic mass is 10.2. The molecule has 1 aromatic rings. The van der Waals surface area contributed by atoms with Crippen LogP contribution in [0.1, 0.15) is 6.92 Å². The average Bonchev–Trinajstić information content (AvgIpc) is 2.52. The Hall–Kier alpha value is -1.17. The van der Waals surface area contributed by atoms with Crippen molar-refractivity contribution >= 4 is 40.5 Å². The third kappa shape index (κ3) is 4.41. The molecule has 1 atom stereocenters. The largest absolute Gasteiger partial charge is 0.390 e. The van der Waals surface area contributed by atoms with Crippen LogP contribution in [0.2, 0.25) is 5.02 Å².